The Balaban J connectivity index is 1.05. The summed E-state index contributed by atoms with van der Waals surface area (Å²) in [5.41, 5.74) is 2.91. The van der Waals surface area contributed by atoms with Crippen LogP contribution in [0, 0.1) is 17.8 Å². The predicted molar refractivity (Wildman–Crippen MR) is 134 cm³/mol. The largest absolute Gasteiger partial charge is 0.351 e. The highest BCUT2D eigenvalue weighted by Gasteiger charge is 2.51. The van der Waals surface area contributed by atoms with Gasteiger partial charge in [-0.3, -0.25) is 4.79 Å². The van der Waals surface area contributed by atoms with Gasteiger partial charge in [0.25, 0.3) is 0 Å². The summed E-state index contributed by atoms with van der Waals surface area (Å²) in [6, 6.07) is 8.83. The average Bonchev–Trinajstić information content (AvgIpc) is 3.15. The van der Waals surface area contributed by atoms with Crippen LogP contribution in [0.15, 0.2) is 30.5 Å². The second-order valence-electron chi connectivity index (χ2n) is 11.9. The quantitative estimate of drug-likeness (QED) is 0.577. The number of hydrogen-bond donors (Lipinski definition) is 1. The fraction of sp³-hybridized carbons (Fsp3) is 0.690. The first-order valence-corrected chi connectivity index (χ1v) is 13.8. The highest BCUT2D eigenvalue weighted by Crippen LogP contribution is 2.55. The number of likely N-dealkylation sites (tertiary alicyclic amines) is 1. The smallest absolute Gasteiger partial charge is 0.220 e. The number of amides is 1. The van der Waals surface area contributed by atoms with Crippen molar-refractivity contribution in [3.05, 3.63) is 36.0 Å². The lowest BCUT2D eigenvalue weighted by atomic mass is 9.53. The molecule has 7 rings (SSSR count). The number of aryl methyl sites for hydroxylation is 1. The van der Waals surface area contributed by atoms with Gasteiger partial charge in [0, 0.05) is 42.1 Å². The van der Waals surface area contributed by atoms with Gasteiger partial charge in [-0.05, 0) is 107 Å². The van der Waals surface area contributed by atoms with Crippen LogP contribution in [0.4, 0.5) is 0 Å². The van der Waals surface area contributed by atoms with Gasteiger partial charge in [0.05, 0.1) is 0 Å². The molecule has 5 aliphatic rings. The van der Waals surface area contributed by atoms with Crippen molar-refractivity contribution in [3.8, 4) is 0 Å². The SMILES string of the molecule is O=C(CCCc1cn(CCN2CCCCC2)c2ccccc12)NC12CC3CC(CC(C3)C1)C2. The Labute approximate surface area is 199 Å². The lowest BCUT2D eigenvalue weighted by Gasteiger charge is -2.56. The molecule has 33 heavy (non-hydrogen) atoms. The Morgan fingerprint density at radius 1 is 0.939 bits per heavy atom. The van der Waals surface area contributed by atoms with E-state index in [0.717, 1.165) is 43.7 Å². The fourth-order valence-corrected chi connectivity index (χ4v) is 8.20. The lowest BCUT2D eigenvalue weighted by Crippen LogP contribution is -2.59. The van der Waals surface area contributed by atoms with Crippen LogP contribution in [0.1, 0.15) is 76.2 Å². The minimum atomic E-state index is 0.149. The summed E-state index contributed by atoms with van der Waals surface area (Å²) in [4.78, 5) is 15.6. The van der Waals surface area contributed by atoms with Gasteiger partial charge in [0.1, 0.15) is 0 Å². The number of benzene rings is 1. The Kier molecular flexibility index (Phi) is 5.98. The molecule has 0 radical (unpaired) electrons. The molecule has 4 saturated carbocycles. The van der Waals surface area contributed by atoms with Crippen LogP contribution in [-0.2, 0) is 17.8 Å². The molecule has 1 aliphatic heterocycles. The van der Waals surface area contributed by atoms with Crippen molar-refractivity contribution >= 4 is 16.8 Å². The molecule has 0 unspecified atom stereocenters. The maximum atomic E-state index is 12.9. The van der Waals surface area contributed by atoms with E-state index in [0.29, 0.717) is 12.3 Å². The Morgan fingerprint density at radius 2 is 1.64 bits per heavy atom. The monoisotopic (exact) mass is 447 g/mol. The summed E-state index contributed by atoms with van der Waals surface area (Å²) in [5.74, 6) is 2.94. The van der Waals surface area contributed by atoms with Crippen molar-refractivity contribution in [3.63, 3.8) is 0 Å². The molecule has 1 aromatic carbocycles. The van der Waals surface area contributed by atoms with Gasteiger partial charge in [-0.2, -0.15) is 0 Å². The van der Waals surface area contributed by atoms with Crippen LogP contribution < -0.4 is 5.32 Å². The van der Waals surface area contributed by atoms with E-state index < -0.39 is 0 Å². The van der Waals surface area contributed by atoms with Gasteiger partial charge in [-0.15, -0.1) is 0 Å². The summed E-state index contributed by atoms with van der Waals surface area (Å²) in [6.45, 7) is 4.72. The van der Waals surface area contributed by atoms with Crippen LogP contribution in [-0.4, -0.2) is 40.5 Å². The Bertz CT molecular complexity index is 951. The summed E-state index contributed by atoms with van der Waals surface area (Å²) >= 11 is 0. The van der Waals surface area contributed by atoms with Crippen LogP contribution in [0.25, 0.3) is 10.9 Å². The number of rotatable bonds is 8. The molecule has 0 atom stereocenters. The molecule has 178 valence electrons. The van der Waals surface area contributed by atoms with E-state index in [-0.39, 0.29) is 5.54 Å². The number of fused-ring (bicyclic) bond motifs is 1. The molecule has 4 nitrogen and oxygen atoms in total. The van der Waals surface area contributed by atoms with Crippen LogP contribution in [0.2, 0.25) is 0 Å². The molecule has 2 aromatic rings. The van der Waals surface area contributed by atoms with Crippen molar-refractivity contribution in [1.82, 2.24) is 14.8 Å². The third kappa shape index (κ3) is 4.60. The molecular weight excluding hydrogens is 406 g/mol. The van der Waals surface area contributed by atoms with Crippen molar-refractivity contribution in [2.75, 3.05) is 19.6 Å². The molecule has 5 fully saturated rings. The van der Waals surface area contributed by atoms with Gasteiger partial charge in [0.2, 0.25) is 5.91 Å². The first-order valence-electron chi connectivity index (χ1n) is 13.8. The van der Waals surface area contributed by atoms with Crippen molar-refractivity contribution in [1.29, 1.82) is 0 Å². The number of carbonyl (C=O) groups is 1. The summed E-state index contributed by atoms with van der Waals surface area (Å²) in [7, 11) is 0. The summed E-state index contributed by atoms with van der Waals surface area (Å²) in [5, 5.41) is 4.93. The zero-order valence-electron chi connectivity index (χ0n) is 20.2. The van der Waals surface area contributed by atoms with E-state index in [1.54, 1.807) is 0 Å². The topological polar surface area (TPSA) is 37.3 Å². The van der Waals surface area contributed by atoms with Gasteiger partial charge < -0.3 is 14.8 Å². The zero-order valence-corrected chi connectivity index (χ0v) is 20.2. The molecule has 1 saturated heterocycles. The summed E-state index contributed by atoms with van der Waals surface area (Å²) in [6.07, 6.45) is 17.1. The van der Waals surface area contributed by atoms with Crippen LogP contribution >= 0.6 is 0 Å². The van der Waals surface area contributed by atoms with Crippen LogP contribution in [0.3, 0.4) is 0 Å². The third-order valence-corrected chi connectivity index (χ3v) is 9.27. The molecule has 4 heteroatoms. The average molecular weight is 448 g/mol. The third-order valence-electron chi connectivity index (χ3n) is 9.27. The number of para-hydroxylation sites is 1. The molecule has 1 amide bonds. The molecule has 4 aliphatic carbocycles. The number of piperidine rings is 1. The number of hydrogen-bond acceptors (Lipinski definition) is 2. The zero-order chi connectivity index (χ0) is 22.3. The Morgan fingerprint density at radius 3 is 2.36 bits per heavy atom. The second kappa shape index (κ2) is 9.09. The van der Waals surface area contributed by atoms with Crippen LogP contribution in [0.5, 0.6) is 0 Å². The summed E-state index contributed by atoms with van der Waals surface area (Å²) < 4.78 is 2.45. The van der Waals surface area contributed by atoms with Crippen molar-refractivity contribution in [2.45, 2.75) is 89.1 Å². The molecular formula is C29H41N3O. The van der Waals surface area contributed by atoms with Crippen molar-refractivity contribution in [2.24, 2.45) is 17.8 Å². The van der Waals surface area contributed by atoms with E-state index in [4.69, 9.17) is 0 Å². The maximum absolute atomic E-state index is 12.9. The molecule has 1 N–H and O–H groups in total. The van der Waals surface area contributed by atoms with Gasteiger partial charge in [0.15, 0.2) is 0 Å². The minimum Gasteiger partial charge on any atom is -0.351 e. The number of carbonyl (C=O) groups excluding carboxylic acids is 1. The maximum Gasteiger partial charge on any atom is 0.220 e. The fourth-order valence-electron chi connectivity index (χ4n) is 8.20. The van der Waals surface area contributed by atoms with Gasteiger partial charge >= 0.3 is 0 Å². The lowest BCUT2D eigenvalue weighted by molar-refractivity contribution is -0.126. The van der Waals surface area contributed by atoms with Gasteiger partial charge in [-0.25, -0.2) is 0 Å². The Hall–Kier alpha value is -1.81. The molecule has 2 heterocycles. The van der Waals surface area contributed by atoms with E-state index >= 15 is 0 Å². The van der Waals surface area contributed by atoms with E-state index in [9.17, 15) is 4.79 Å². The minimum absolute atomic E-state index is 0.149. The molecule has 1 aromatic heterocycles. The number of nitrogens with zero attached hydrogens (tertiary/aromatic N) is 2. The number of nitrogens with one attached hydrogen (secondary N) is 1. The van der Waals surface area contributed by atoms with E-state index in [1.165, 1.54) is 87.3 Å². The molecule has 4 bridgehead atoms. The standard InChI is InChI=1S/C29H41N3O/c33-28(30-29-18-22-15-23(19-29)17-24(16-22)20-29)10-6-7-25-21-32(27-9-3-2-8-26(25)27)14-13-31-11-4-1-5-12-31/h2-3,8-9,21-24H,1,4-7,10-20H2,(H,30,33). The highest BCUT2D eigenvalue weighted by atomic mass is 16.1. The van der Waals surface area contributed by atoms with Crippen molar-refractivity contribution < 1.29 is 4.79 Å². The number of aromatic nitrogens is 1. The van der Waals surface area contributed by atoms with E-state index in [2.05, 4.69) is 45.2 Å². The van der Waals surface area contributed by atoms with E-state index in [1.807, 2.05) is 0 Å². The normalized spacial score (nSPS) is 31.3. The highest BCUT2D eigenvalue weighted by molar-refractivity contribution is 5.84. The van der Waals surface area contributed by atoms with Gasteiger partial charge in [-0.1, -0.05) is 24.6 Å². The first kappa shape index (κ1) is 21.7. The predicted octanol–water partition coefficient (Wildman–Crippen LogP) is 5.53. The first-order chi connectivity index (χ1) is 16.2. The second-order valence-corrected chi connectivity index (χ2v) is 11.9. The molecule has 0 spiro atoms.